The van der Waals surface area contributed by atoms with Gasteiger partial charge in [0.15, 0.2) is 5.96 Å². The van der Waals surface area contributed by atoms with E-state index in [-0.39, 0.29) is 11.8 Å². The van der Waals surface area contributed by atoms with Crippen LogP contribution in [0, 0.1) is 5.92 Å². The van der Waals surface area contributed by atoms with E-state index in [1.807, 2.05) is 45.2 Å². The molecule has 2 heterocycles. The number of hydrogen-bond acceptors (Lipinski definition) is 5. The van der Waals surface area contributed by atoms with Crippen molar-refractivity contribution in [2.75, 3.05) is 38.5 Å². The number of carbonyl (C=O) groups is 1. The molecule has 0 bridgehead atoms. The molecule has 1 amide bonds. The van der Waals surface area contributed by atoms with Gasteiger partial charge in [0.05, 0.1) is 5.69 Å². The minimum atomic E-state index is 0.00793. The van der Waals surface area contributed by atoms with E-state index in [9.17, 15) is 4.79 Å². The molecule has 2 aromatic rings. The highest BCUT2D eigenvalue weighted by Gasteiger charge is 2.20. The van der Waals surface area contributed by atoms with Gasteiger partial charge in [-0.05, 0) is 24.1 Å². The Morgan fingerprint density at radius 1 is 1.27 bits per heavy atom. The molecule has 0 saturated carbocycles. The number of nitrogens with zero attached hydrogens (tertiary/aromatic N) is 4. The molecule has 1 unspecified atom stereocenters. The Morgan fingerprint density at radius 3 is 2.73 bits per heavy atom. The van der Waals surface area contributed by atoms with Gasteiger partial charge in [-0.3, -0.25) is 14.7 Å². The number of carbonyl (C=O) groups excluding carboxylic acids is 1. The average Bonchev–Trinajstić information content (AvgIpc) is 3.28. The molecule has 1 aliphatic heterocycles. The Bertz CT molecular complexity index is 828. The maximum absolute atomic E-state index is 12.1. The van der Waals surface area contributed by atoms with Gasteiger partial charge in [-0.1, -0.05) is 31.1 Å². The summed E-state index contributed by atoms with van der Waals surface area (Å²) < 4.78 is 4.91. The van der Waals surface area contributed by atoms with Crippen LogP contribution < -0.4 is 10.6 Å². The molecule has 3 rings (SSSR count). The predicted octanol–water partition coefficient (Wildman–Crippen LogP) is 2.55. The highest BCUT2D eigenvalue weighted by molar-refractivity contribution is 5.92. The lowest BCUT2D eigenvalue weighted by atomic mass is 10.1. The summed E-state index contributed by atoms with van der Waals surface area (Å²) in [6.45, 7) is 9.13. The highest BCUT2D eigenvalue weighted by Crippen LogP contribution is 2.13. The summed E-state index contributed by atoms with van der Waals surface area (Å²) in [5, 5.41) is 10.4. The van der Waals surface area contributed by atoms with Crippen LogP contribution in [0.4, 0.5) is 5.69 Å². The molecule has 1 atom stereocenters. The zero-order valence-electron chi connectivity index (χ0n) is 18.1. The van der Waals surface area contributed by atoms with Gasteiger partial charge in [0.2, 0.25) is 5.91 Å². The number of guanidine groups is 1. The van der Waals surface area contributed by atoms with E-state index in [0.29, 0.717) is 6.54 Å². The van der Waals surface area contributed by atoms with Gasteiger partial charge in [-0.2, -0.15) is 0 Å². The quantitative estimate of drug-likeness (QED) is 0.537. The van der Waals surface area contributed by atoms with Crippen molar-refractivity contribution < 1.29 is 9.32 Å². The summed E-state index contributed by atoms with van der Waals surface area (Å²) in [5.74, 6) is 0.959. The molecule has 8 nitrogen and oxygen atoms in total. The maximum Gasteiger partial charge on any atom is 0.227 e. The lowest BCUT2D eigenvalue weighted by Crippen LogP contribution is -2.52. The second kappa shape index (κ2) is 10.8. The SMILES string of the molecule is CCC(C)C(=O)Nc1cccc(CNC(=NC)N2CCN(Cc3ccon3)CC2)c1. The summed E-state index contributed by atoms with van der Waals surface area (Å²) >= 11 is 0. The number of aliphatic imine (C=N–C) groups is 1. The van der Waals surface area contributed by atoms with E-state index in [4.69, 9.17) is 4.52 Å². The first kappa shape index (κ1) is 21.8. The zero-order valence-corrected chi connectivity index (χ0v) is 18.1. The number of rotatable bonds is 7. The Kier molecular flexibility index (Phi) is 7.84. The van der Waals surface area contributed by atoms with E-state index in [0.717, 1.165) is 62.0 Å². The Labute approximate surface area is 178 Å². The lowest BCUT2D eigenvalue weighted by Gasteiger charge is -2.36. The molecule has 30 heavy (non-hydrogen) atoms. The van der Waals surface area contributed by atoms with Crippen LogP contribution >= 0.6 is 0 Å². The fraction of sp³-hybridized carbons (Fsp3) is 0.500. The van der Waals surface area contributed by atoms with E-state index in [1.54, 1.807) is 6.26 Å². The lowest BCUT2D eigenvalue weighted by molar-refractivity contribution is -0.119. The van der Waals surface area contributed by atoms with E-state index >= 15 is 0 Å². The number of piperazine rings is 1. The van der Waals surface area contributed by atoms with Crippen molar-refractivity contribution in [3.8, 4) is 0 Å². The summed E-state index contributed by atoms with van der Waals surface area (Å²) in [7, 11) is 1.81. The van der Waals surface area contributed by atoms with E-state index < -0.39 is 0 Å². The second-order valence-electron chi connectivity index (χ2n) is 7.65. The third kappa shape index (κ3) is 6.06. The molecule has 1 aromatic heterocycles. The monoisotopic (exact) mass is 412 g/mol. The number of aromatic nitrogens is 1. The smallest absolute Gasteiger partial charge is 0.227 e. The molecule has 0 radical (unpaired) electrons. The number of anilines is 1. The Balaban J connectivity index is 1.49. The van der Waals surface area contributed by atoms with Crippen molar-refractivity contribution >= 4 is 17.6 Å². The minimum Gasteiger partial charge on any atom is -0.364 e. The summed E-state index contributed by atoms with van der Waals surface area (Å²) in [4.78, 5) is 21.2. The van der Waals surface area contributed by atoms with Crippen LogP contribution in [0.25, 0.3) is 0 Å². The molecule has 1 saturated heterocycles. The normalized spacial score (nSPS) is 16.4. The van der Waals surface area contributed by atoms with Gasteiger partial charge in [0, 0.05) is 64.0 Å². The van der Waals surface area contributed by atoms with Crippen molar-refractivity contribution in [3.63, 3.8) is 0 Å². The van der Waals surface area contributed by atoms with Crippen LogP contribution in [0.2, 0.25) is 0 Å². The Hall–Kier alpha value is -2.87. The van der Waals surface area contributed by atoms with Gasteiger partial charge in [0.1, 0.15) is 6.26 Å². The zero-order chi connectivity index (χ0) is 21.3. The molecular formula is C22H32N6O2. The molecule has 0 aliphatic carbocycles. The third-order valence-corrected chi connectivity index (χ3v) is 5.47. The van der Waals surface area contributed by atoms with Crippen molar-refractivity contribution in [2.24, 2.45) is 10.9 Å². The van der Waals surface area contributed by atoms with Crippen LogP contribution in [0.5, 0.6) is 0 Å². The minimum absolute atomic E-state index is 0.00793. The van der Waals surface area contributed by atoms with Gasteiger partial charge in [-0.25, -0.2) is 0 Å². The molecule has 1 aromatic carbocycles. The predicted molar refractivity (Wildman–Crippen MR) is 118 cm³/mol. The van der Waals surface area contributed by atoms with Crippen molar-refractivity contribution in [1.29, 1.82) is 0 Å². The first-order chi connectivity index (χ1) is 14.6. The number of benzene rings is 1. The number of hydrogen-bond donors (Lipinski definition) is 2. The van der Waals surface area contributed by atoms with Crippen LogP contribution in [-0.2, 0) is 17.9 Å². The molecule has 162 valence electrons. The molecule has 1 aliphatic rings. The third-order valence-electron chi connectivity index (χ3n) is 5.47. The van der Waals surface area contributed by atoms with E-state index in [1.165, 1.54) is 0 Å². The van der Waals surface area contributed by atoms with Crippen LogP contribution in [0.1, 0.15) is 31.5 Å². The second-order valence-corrected chi connectivity index (χ2v) is 7.65. The summed E-state index contributed by atoms with van der Waals surface area (Å²) in [6, 6.07) is 9.86. The first-order valence-corrected chi connectivity index (χ1v) is 10.6. The van der Waals surface area contributed by atoms with Crippen molar-refractivity contribution in [3.05, 3.63) is 47.9 Å². The topological polar surface area (TPSA) is 86.0 Å². The molecule has 0 spiro atoms. The number of amides is 1. The van der Waals surface area contributed by atoms with Crippen LogP contribution in [0.15, 0.2) is 46.1 Å². The highest BCUT2D eigenvalue weighted by atomic mass is 16.5. The van der Waals surface area contributed by atoms with Crippen LogP contribution in [0.3, 0.4) is 0 Å². The first-order valence-electron chi connectivity index (χ1n) is 10.6. The van der Waals surface area contributed by atoms with Gasteiger partial charge in [-0.15, -0.1) is 0 Å². The summed E-state index contributed by atoms with van der Waals surface area (Å²) in [5.41, 5.74) is 2.89. The fourth-order valence-corrected chi connectivity index (χ4v) is 3.39. The summed E-state index contributed by atoms with van der Waals surface area (Å²) in [6.07, 6.45) is 2.44. The largest absolute Gasteiger partial charge is 0.364 e. The average molecular weight is 413 g/mol. The fourth-order valence-electron chi connectivity index (χ4n) is 3.39. The molecular weight excluding hydrogens is 380 g/mol. The molecule has 8 heteroatoms. The van der Waals surface area contributed by atoms with Gasteiger partial charge >= 0.3 is 0 Å². The van der Waals surface area contributed by atoms with E-state index in [2.05, 4.69) is 36.6 Å². The molecule has 2 N–H and O–H groups in total. The number of nitrogens with one attached hydrogen (secondary N) is 2. The van der Waals surface area contributed by atoms with Crippen LogP contribution in [-0.4, -0.2) is 60.0 Å². The standard InChI is InChI=1S/C22H32N6O2/c1-4-17(2)21(29)25-19-7-5-6-18(14-19)15-24-22(23-3)28-11-9-27(10-12-28)16-20-8-13-30-26-20/h5-8,13-14,17H,4,9-12,15-16H2,1-3H3,(H,23,24)(H,25,29). The Morgan fingerprint density at radius 2 is 2.07 bits per heavy atom. The maximum atomic E-state index is 12.1. The molecule has 1 fully saturated rings. The van der Waals surface area contributed by atoms with Gasteiger partial charge < -0.3 is 20.1 Å². The van der Waals surface area contributed by atoms with Crippen molar-refractivity contribution in [1.82, 2.24) is 20.3 Å². The van der Waals surface area contributed by atoms with Crippen molar-refractivity contribution in [2.45, 2.75) is 33.4 Å². The van der Waals surface area contributed by atoms with Gasteiger partial charge in [0.25, 0.3) is 0 Å².